The zero-order valence-corrected chi connectivity index (χ0v) is 28.1. The van der Waals surface area contributed by atoms with E-state index in [-0.39, 0.29) is 22.5 Å². The van der Waals surface area contributed by atoms with E-state index in [1.54, 1.807) is 84.0 Å². The Morgan fingerprint density at radius 1 is 0.880 bits per heavy atom. The van der Waals surface area contributed by atoms with E-state index < -0.39 is 64.4 Å². The predicted molar refractivity (Wildman–Crippen MR) is 176 cm³/mol. The molecule has 3 aromatic carbocycles. The van der Waals surface area contributed by atoms with Crippen LogP contribution in [0.5, 0.6) is 0 Å². The van der Waals surface area contributed by atoms with Crippen molar-refractivity contribution in [2.45, 2.75) is 71.5 Å². The number of nitrogens with one attached hydrogen (secondary N) is 2. The summed E-state index contributed by atoms with van der Waals surface area (Å²) >= 11 is 0. The standard InChI is InChI=1S/C35H37F4N5O6/c1-33(2,3)43(20-21-11-8-7-9-12-21)32(48)50-44-27(19-28(42-44)35(37,38)39)30(46)41-26-18-23(15-16-25(26)36)29(45)22-13-10-14-24(17-22)40-31(47)49-34(4,5)6/h7-19,29,45H,20H2,1-6H3,(H,40,47)(H,41,46). The van der Waals surface area contributed by atoms with Gasteiger partial charge >= 0.3 is 18.4 Å². The second kappa shape index (κ2) is 14.6. The monoisotopic (exact) mass is 699 g/mol. The average molecular weight is 700 g/mol. The molecule has 1 atom stereocenters. The van der Waals surface area contributed by atoms with Crippen LogP contribution in [0.1, 0.15) is 80.5 Å². The van der Waals surface area contributed by atoms with Gasteiger partial charge in [0.05, 0.1) is 5.69 Å². The maximum Gasteiger partial charge on any atom is 0.436 e. The van der Waals surface area contributed by atoms with Crippen LogP contribution in [0.4, 0.5) is 38.5 Å². The zero-order valence-electron chi connectivity index (χ0n) is 28.1. The third-order valence-electron chi connectivity index (χ3n) is 6.98. The Balaban J connectivity index is 1.59. The first-order valence-corrected chi connectivity index (χ1v) is 15.3. The molecule has 1 heterocycles. The fourth-order valence-corrected chi connectivity index (χ4v) is 4.59. The van der Waals surface area contributed by atoms with Crippen molar-refractivity contribution >= 4 is 29.5 Å². The van der Waals surface area contributed by atoms with Crippen molar-refractivity contribution in [3.63, 3.8) is 0 Å². The molecule has 11 nitrogen and oxygen atoms in total. The smallest absolute Gasteiger partial charge is 0.436 e. The Bertz CT molecular complexity index is 1850. The number of amides is 3. The molecule has 0 radical (unpaired) electrons. The van der Waals surface area contributed by atoms with Crippen LogP contribution in [-0.4, -0.2) is 49.2 Å². The summed E-state index contributed by atoms with van der Waals surface area (Å²) in [4.78, 5) is 45.5. The Labute approximate surface area is 285 Å². The maximum atomic E-state index is 15.0. The highest BCUT2D eigenvalue weighted by atomic mass is 19.4. The SMILES string of the molecule is CC(C)(C)OC(=O)Nc1cccc(C(O)c2ccc(F)c(NC(=O)c3cc(C(F)(F)F)nn3OC(=O)N(Cc3ccccc3)C(C)(C)C)c2)c1. The maximum absolute atomic E-state index is 15.0. The summed E-state index contributed by atoms with van der Waals surface area (Å²) in [5.74, 6) is -2.27. The number of ether oxygens (including phenoxy) is 1. The molecule has 0 spiro atoms. The quantitative estimate of drug-likeness (QED) is 0.162. The lowest BCUT2D eigenvalue weighted by molar-refractivity contribution is -0.142. The third kappa shape index (κ3) is 9.81. The molecule has 0 fully saturated rings. The summed E-state index contributed by atoms with van der Waals surface area (Å²) in [5, 5.41) is 19.1. The van der Waals surface area contributed by atoms with Crippen LogP contribution in [0, 0.1) is 5.82 Å². The Morgan fingerprint density at radius 2 is 1.54 bits per heavy atom. The highest BCUT2D eigenvalue weighted by Crippen LogP contribution is 2.31. The number of rotatable bonds is 8. The van der Waals surface area contributed by atoms with Crippen molar-refractivity contribution in [2.75, 3.05) is 10.6 Å². The molecule has 0 saturated carbocycles. The molecular weight excluding hydrogens is 662 g/mol. The van der Waals surface area contributed by atoms with Crippen molar-refractivity contribution in [2.24, 2.45) is 0 Å². The molecule has 0 bridgehead atoms. The summed E-state index contributed by atoms with van der Waals surface area (Å²) in [6.45, 7) is 10.2. The lowest BCUT2D eigenvalue weighted by Crippen LogP contribution is -2.48. The van der Waals surface area contributed by atoms with Gasteiger partial charge in [-0.2, -0.15) is 13.2 Å². The summed E-state index contributed by atoms with van der Waals surface area (Å²) < 4.78 is 61.3. The number of hydrogen-bond acceptors (Lipinski definition) is 7. The molecule has 266 valence electrons. The first-order valence-electron chi connectivity index (χ1n) is 15.3. The second-order valence-corrected chi connectivity index (χ2v) is 13.2. The molecule has 3 N–H and O–H groups in total. The molecule has 4 rings (SSSR count). The van der Waals surface area contributed by atoms with Gasteiger partial charge in [-0.3, -0.25) is 19.8 Å². The Morgan fingerprint density at radius 3 is 2.16 bits per heavy atom. The molecule has 1 aromatic heterocycles. The molecule has 3 amide bonds. The van der Waals surface area contributed by atoms with Crippen LogP contribution in [-0.2, 0) is 17.5 Å². The predicted octanol–water partition coefficient (Wildman–Crippen LogP) is 7.57. The van der Waals surface area contributed by atoms with Crippen molar-refractivity contribution in [3.8, 4) is 0 Å². The minimum Gasteiger partial charge on any atom is -0.444 e. The number of carbonyl (C=O) groups is 3. The van der Waals surface area contributed by atoms with Gasteiger partial charge in [0.1, 0.15) is 17.5 Å². The van der Waals surface area contributed by atoms with Gasteiger partial charge in [-0.25, -0.2) is 14.0 Å². The number of nitrogens with zero attached hydrogens (tertiary/aromatic N) is 3. The number of aromatic nitrogens is 2. The van der Waals surface area contributed by atoms with Crippen LogP contribution < -0.4 is 15.5 Å². The van der Waals surface area contributed by atoms with E-state index >= 15 is 0 Å². The van der Waals surface area contributed by atoms with Crippen LogP contribution in [0.25, 0.3) is 0 Å². The van der Waals surface area contributed by atoms with Crippen molar-refractivity contribution in [1.82, 2.24) is 14.8 Å². The zero-order chi connectivity index (χ0) is 37.0. The highest BCUT2D eigenvalue weighted by molar-refractivity contribution is 6.03. The largest absolute Gasteiger partial charge is 0.444 e. The summed E-state index contributed by atoms with van der Waals surface area (Å²) in [7, 11) is 0. The summed E-state index contributed by atoms with van der Waals surface area (Å²) in [6.07, 6.45) is -8.24. The van der Waals surface area contributed by atoms with Gasteiger partial charge in [-0.15, -0.1) is 5.10 Å². The normalized spacial score (nSPS) is 12.5. The number of halogens is 4. The van der Waals surface area contributed by atoms with Gasteiger partial charge in [0, 0.05) is 23.8 Å². The van der Waals surface area contributed by atoms with Crippen LogP contribution >= 0.6 is 0 Å². The lowest BCUT2D eigenvalue weighted by atomic mass is 10.0. The molecule has 0 saturated heterocycles. The highest BCUT2D eigenvalue weighted by Gasteiger charge is 2.38. The molecule has 50 heavy (non-hydrogen) atoms. The Hall–Kier alpha value is -5.44. The molecule has 4 aromatic rings. The minimum atomic E-state index is -5.03. The van der Waals surface area contributed by atoms with Gasteiger partial charge in [0.2, 0.25) is 0 Å². The molecular formula is C35H37F4N5O6. The van der Waals surface area contributed by atoms with Gasteiger partial charge < -0.3 is 15.2 Å². The van der Waals surface area contributed by atoms with E-state index in [1.807, 2.05) is 0 Å². The van der Waals surface area contributed by atoms with Gasteiger partial charge in [0.25, 0.3) is 5.91 Å². The van der Waals surface area contributed by atoms with Crippen molar-refractivity contribution in [1.29, 1.82) is 0 Å². The lowest BCUT2D eigenvalue weighted by Gasteiger charge is -2.34. The molecule has 0 aliphatic rings. The van der Waals surface area contributed by atoms with E-state index in [0.29, 0.717) is 17.3 Å². The number of aliphatic hydroxyl groups is 1. The fourth-order valence-electron chi connectivity index (χ4n) is 4.59. The van der Waals surface area contributed by atoms with Crippen molar-refractivity contribution in [3.05, 3.63) is 113 Å². The number of carbonyl (C=O) groups excluding carboxylic acids is 3. The first-order chi connectivity index (χ1) is 23.2. The second-order valence-electron chi connectivity index (χ2n) is 13.2. The number of aliphatic hydroxyl groups excluding tert-OH is 1. The van der Waals surface area contributed by atoms with Gasteiger partial charge in [0.15, 0.2) is 11.4 Å². The topological polar surface area (TPSA) is 135 Å². The van der Waals surface area contributed by atoms with Gasteiger partial charge in [-0.05, 0) is 82.5 Å². The number of anilines is 2. The van der Waals surface area contributed by atoms with Gasteiger partial charge in [-0.1, -0.05) is 53.4 Å². The average Bonchev–Trinajstić information content (AvgIpc) is 3.44. The van der Waals surface area contributed by atoms with Crippen LogP contribution in [0.15, 0.2) is 78.9 Å². The summed E-state index contributed by atoms with van der Waals surface area (Å²) in [5.41, 5.74) is -3.14. The van der Waals surface area contributed by atoms with Crippen molar-refractivity contribution < 1.29 is 46.6 Å². The van der Waals surface area contributed by atoms with E-state index in [4.69, 9.17) is 9.57 Å². The number of benzene rings is 3. The van der Waals surface area contributed by atoms with Crippen LogP contribution in [0.3, 0.4) is 0 Å². The molecule has 0 aliphatic carbocycles. The Kier molecular flexibility index (Phi) is 10.9. The van der Waals surface area contributed by atoms with E-state index in [2.05, 4.69) is 15.7 Å². The molecule has 15 heteroatoms. The van der Waals surface area contributed by atoms with E-state index in [0.717, 1.165) is 12.1 Å². The number of alkyl halides is 3. The molecule has 1 unspecified atom stereocenters. The number of hydrogen-bond donors (Lipinski definition) is 3. The van der Waals surface area contributed by atoms with E-state index in [9.17, 15) is 37.1 Å². The van der Waals surface area contributed by atoms with E-state index in [1.165, 1.54) is 23.1 Å². The minimum absolute atomic E-state index is 0.0262. The fraction of sp³-hybridized carbons (Fsp3) is 0.314. The first kappa shape index (κ1) is 37.4. The summed E-state index contributed by atoms with van der Waals surface area (Å²) in [6, 6.07) is 18.5. The third-order valence-corrected chi connectivity index (χ3v) is 6.98. The molecule has 0 aliphatic heterocycles. The van der Waals surface area contributed by atoms with Crippen LogP contribution in [0.2, 0.25) is 0 Å².